The number of nitriles is 1. The number of ketones is 1. The Labute approximate surface area is 172 Å². The molecule has 1 aliphatic rings. The third-order valence-electron chi connectivity index (χ3n) is 6.15. The maximum atomic E-state index is 14.5. The van der Waals surface area contributed by atoms with Crippen LogP contribution in [0.1, 0.15) is 70.7 Å². The second-order valence-corrected chi connectivity index (χ2v) is 9.10. The predicted octanol–water partition coefficient (Wildman–Crippen LogP) is 5.82. The number of carbonyl (C=O) groups is 1. The fraction of sp³-hybridized carbons (Fsp3) is 0.591. The van der Waals surface area contributed by atoms with Crippen LogP contribution in [0.15, 0.2) is 12.1 Å². The first-order chi connectivity index (χ1) is 13.9. The van der Waals surface area contributed by atoms with Crippen LogP contribution in [0.25, 0.3) is 11.0 Å². The van der Waals surface area contributed by atoms with Crippen LogP contribution in [0.4, 0.5) is 17.6 Å². The standard InChI is InChI=1S/C22H25F4N3O/c1-20(2,22(24,25)26)12-15(30)6-4-7-18-28-19-16(23)10-14(13-27)11-17(19)29(18)21(3)8-5-9-21/h10-11H,4-9,12H2,1-3H3. The van der Waals surface area contributed by atoms with E-state index in [1.165, 1.54) is 0 Å². The molecule has 4 nitrogen and oxygen atoms in total. The van der Waals surface area contributed by atoms with Crippen LogP contribution in [0, 0.1) is 22.6 Å². The number of carbonyl (C=O) groups excluding carboxylic acids is 1. The Bertz CT molecular complexity index is 1010. The summed E-state index contributed by atoms with van der Waals surface area (Å²) < 4.78 is 55.5. The smallest absolute Gasteiger partial charge is 0.322 e. The van der Waals surface area contributed by atoms with Crippen molar-refractivity contribution in [2.24, 2.45) is 5.41 Å². The molecule has 0 N–H and O–H groups in total. The Morgan fingerprint density at radius 1 is 1.30 bits per heavy atom. The van der Waals surface area contributed by atoms with Crippen LogP contribution in [-0.4, -0.2) is 21.5 Å². The number of hydrogen-bond acceptors (Lipinski definition) is 3. The molecule has 162 valence electrons. The summed E-state index contributed by atoms with van der Waals surface area (Å²) in [5.74, 6) is -0.424. The molecule has 0 unspecified atom stereocenters. The van der Waals surface area contributed by atoms with Gasteiger partial charge in [-0.25, -0.2) is 9.37 Å². The van der Waals surface area contributed by atoms with E-state index in [-0.39, 0.29) is 23.0 Å². The van der Waals surface area contributed by atoms with E-state index in [1.807, 2.05) is 10.6 Å². The van der Waals surface area contributed by atoms with Crippen LogP contribution >= 0.6 is 0 Å². The third-order valence-corrected chi connectivity index (χ3v) is 6.15. The fourth-order valence-electron chi connectivity index (χ4n) is 4.06. The van der Waals surface area contributed by atoms with Gasteiger partial charge in [-0.2, -0.15) is 18.4 Å². The van der Waals surface area contributed by atoms with E-state index in [9.17, 15) is 27.6 Å². The van der Waals surface area contributed by atoms with Gasteiger partial charge in [-0.15, -0.1) is 0 Å². The second-order valence-electron chi connectivity index (χ2n) is 9.10. The number of aromatic nitrogens is 2. The molecule has 2 aromatic rings. The van der Waals surface area contributed by atoms with Crippen LogP contribution < -0.4 is 0 Å². The lowest BCUT2D eigenvalue weighted by Crippen LogP contribution is -2.38. The third kappa shape index (κ3) is 4.07. The number of imidazole rings is 1. The Morgan fingerprint density at radius 3 is 2.50 bits per heavy atom. The van der Waals surface area contributed by atoms with E-state index in [2.05, 4.69) is 11.9 Å². The van der Waals surface area contributed by atoms with Gasteiger partial charge in [0.05, 0.1) is 22.6 Å². The highest BCUT2D eigenvalue weighted by Crippen LogP contribution is 2.43. The van der Waals surface area contributed by atoms with Crippen LogP contribution in [-0.2, 0) is 16.8 Å². The summed E-state index contributed by atoms with van der Waals surface area (Å²) >= 11 is 0. The lowest BCUT2D eigenvalue weighted by Gasteiger charge is -2.41. The van der Waals surface area contributed by atoms with Gasteiger partial charge in [0.15, 0.2) is 5.82 Å². The van der Waals surface area contributed by atoms with Crippen LogP contribution in [0.5, 0.6) is 0 Å². The summed E-state index contributed by atoms with van der Waals surface area (Å²) in [4.78, 5) is 16.6. The molecular weight excluding hydrogens is 398 g/mol. The van der Waals surface area contributed by atoms with Gasteiger partial charge in [-0.3, -0.25) is 4.79 Å². The highest BCUT2D eigenvalue weighted by molar-refractivity contribution is 5.80. The summed E-state index contributed by atoms with van der Waals surface area (Å²) in [6.45, 7) is 4.10. The Hall–Kier alpha value is -2.43. The van der Waals surface area contributed by atoms with Gasteiger partial charge >= 0.3 is 6.18 Å². The zero-order chi connectivity index (χ0) is 22.3. The topological polar surface area (TPSA) is 58.7 Å². The number of halogens is 4. The number of nitrogens with zero attached hydrogens (tertiary/aromatic N) is 3. The largest absolute Gasteiger partial charge is 0.394 e. The summed E-state index contributed by atoms with van der Waals surface area (Å²) in [6, 6.07) is 4.73. The Kier molecular flexibility index (Phi) is 5.70. The molecule has 1 saturated carbocycles. The van der Waals surface area contributed by atoms with E-state index in [0.29, 0.717) is 24.2 Å². The van der Waals surface area contributed by atoms with Gasteiger partial charge in [-0.1, -0.05) is 13.8 Å². The summed E-state index contributed by atoms with van der Waals surface area (Å²) in [5.41, 5.74) is -1.37. The van der Waals surface area contributed by atoms with Crippen molar-refractivity contribution >= 4 is 16.8 Å². The van der Waals surface area contributed by atoms with Gasteiger partial charge < -0.3 is 4.57 Å². The Balaban J connectivity index is 1.81. The summed E-state index contributed by atoms with van der Waals surface area (Å²) in [7, 11) is 0. The molecule has 1 aromatic carbocycles. The quantitative estimate of drug-likeness (QED) is 0.528. The van der Waals surface area contributed by atoms with Crippen LogP contribution in [0.3, 0.4) is 0 Å². The van der Waals surface area contributed by atoms with Crippen molar-refractivity contribution in [3.63, 3.8) is 0 Å². The van der Waals surface area contributed by atoms with Gasteiger partial charge in [0.1, 0.15) is 17.1 Å². The number of aryl methyl sites for hydroxylation is 1. The molecule has 30 heavy (non-hydrogen) atoms. The molecular formula is C22H25F4N3O. The molecule has 0 saturated heterocycles. The molecule has 0 bridgehead atoms. The maximum Gasteiger partial charge on any atom is 0.394 e. The van der Waals surface area contributed by atoms with Crippen molar-refractivity contribution < 1.29 is 22.4 Å². The van der Waals surface area contributed by atoms with Crippen molar-refractivity contribution in [3.8, 4) is 6.07 Å². The molecule has 0 spiro atoms. The molecule has 0 radical (unpaired) electrons. The van der Waals surface area contributed by atoms with Crippen molar-refractivity contribution in [2.45, 2.75) is 77.4 Å². The first-order valence-electron chi connectivity index (χ1n) is 10.1. The monoisotopic (exact) mass is 423 g/mol. The number of alkyl halides is 3. The minimum Gasteiger partial charge on any atom is -0.322 e. The zero-order valence-corrected chi connectivity index (χ0v) is 17.4. The number of Topliss-reactive ketones (excluding diaryl/α,β-unsaturated/α-hetero) is 1. The molecule has 0 aliphatic heterocycles. The van der Waals surface area contributed by atoms with Gasteiger partial charge in [0.2, 0.25) is 0 Å². The summed E-state index contributed by atoms with van der Waals surface area (Å²) in [6.07, 6.45) is -1.50. The van der Waals surface area contributed by atoms with Crippen molar-refractivity contribution in [1.29, 1.82) is 5.26 Å². The zero-order valence-electron chi connectivity index (χ0n) is 17.4. The lowest BCUT2D eigenvalue weighted by atomic mass is 9.78. The molecule has 0 atom stereocenters. The molecule has 8 heteroatoms. The minimum atomic E-state index is -4.44. The van der Waals surface area contributed by atoms with E-state index in [4.69, 9.17) is 0 Å². The minimum absolute atomic E-state index is 0.00531. The average molecular weight is 423 g/mol. The molecule has 1 heterocycles. The second kappa shape index (κ2) is 7.68. The SMILES string of the molecule is CC1(n2c(CCCC(=O)CC(C)(C)C(F)(F)F)nc3c(F)cc(C#N)cc32)CCC1. The molecule has 1 aromatic heterocycles. The molecule has 0 amide bonds. The molecule has 1 aliphatic carbocycles. The number of hydrogen-bond donors (Lipinski definition) is 0. The van der Waals surface area contributed by atoms with Gasteiger partial charge in [0.25, 0.3) is 0 Å². The Morgan fingerprint density at radius 2 is 1.97 bits per heavy atom. The average Bonchev–Trinajstić information content (AvgIpc) is 2.97. The first kappa shape index (κ1) is 22.3. The molecule has 3 rings (SSSR count). The van der Waals surface area contributed by atoms with E-state index >= 15 is 0 Å². The normalized spacial score (nSPS) is 16.3. The van der Waals surface area contributed by atoms with Gasteiger partial charge in [-0.05, 0) is 44.7 Å². The van der Waals surface area contributed by atoms with E-state index in [0.717, 1.165) is 39.2 Å². The van der Waals surface area contributed by atoms with Crippen molar-refractivity contribution in [3.05, 3.63) is 29.3 Å². The van der Waals surface area contributed by atoms with Crippen molar-refractivity contribution in [2.75, 3.05) is 0 Å². The number of rotatable bonds is 7. The maximum absolute atomic E-state index is 14.5. The van der Waals surface area contributed by atoms with Crippen LogP contribution in [0.2, 0.25) is 0 Å². The van der Waals surface area contributed by atoms with Crippen molar-refractivity contribution in [1.82, 2.24) is 9.55 Å². The first-order valence-corrected chi connectivity index (χ1v) is 10.1. The highest BCUT2D eigenvalue weighted by atomic mass is 19.4. The fourth-order valence-corrected chi connectivity index (χ4v) is 4.06. The number of fused-ring (bicyclic) bond motifs is 1. The number of benzene rings is 1. The van der Waals surface area contributed by atoms with E-state index < -0.39 is 29.6 Å². The molecule has 1 fully saturated rings. The van der Waals surface area contributed by atoms with Gasteiger partial charge in [0, 0.05) is 24.8 Å². The van der Waals surface area contributed by atoms with E-state index in [1.54, 1.807) is 6.07 Å². The predicted molar refractivity (Wildman–Crippen MR) is 104 cm³/mol. The summed E-state index contributed by atoms with van der Waals surface area (Å²) in [5, 5.41) is 9.18. The highest BCUT2D eigenvalue weighted by Gasteiger charge is 2.48. The lowest BCUT2D eigenvalue weighted by molar-refractivity contribution is -0.213.